The van der Waals surface area contributed by atoms with Crippen LogP contribution < -0.4 is 20.4 Å². The van der Waals surface area contributed by atoms with Crippen LogP contribution in [0.15, 0.2) is 58.3 Å². The van der Waals surface area contributed by atoms with Crippen molar-refractivity contribution in [1.29, 1.82) is 0 Å². The highest BCUT2D eigenvalue weighted by molar-refractivity contribution is 8.01. The molecular formula is C34H44N4O12S4. The van der Waals surface area contributed by atoms with Crippen molar-refractivity contribution >= 4 is 55.4 Å². The molecule has 2 fully saturated rings. The lowest BCUT2D eigenvalue weighted by Gasteiger charge is -2.43. The minimum atomic E-state index is -3.95. The van der Waals surface area contributed by atoms with Crippen LogP contribution in [0.2, 0.25) is 0 Å². The summed E-state index contributed by atoms with van der Waals surface area (Å²) in [5, 5.41) is 35.3. The highest BCUT2D eigenvalue weighted by Gasteiger charge is 2.49. The molecule has 2 atom stereocenters. The van der Waals surface area contributed by atoms with Gasteiger partial charge in [0, 0.05) is 34.1 Å². The Labute approximate surface area is 324 Å². The summed E-state index contributed by atoms with van der Waals surface area (Å²) in [5.41, 5.74) is 3.15. The number of carbonyl (C=O) groups excluding carboxylic acids is 2. The van der Waals surface area contributed by atoms with E-state index >= 15 is 0 Å². The standard InChI is InChI=1S/2C17H22N2O6S2/c2*1-17(2)15(16(21)18-22)19(9-12-26-17)27(23,24)14-7-5-13(6-8-14)25-11-4-3-10-20/h2*5-8,15,20,22H,9-12H2,1-2H3,(H,18,21)/t2*15-/m00/s1. The molecule has 2 saturated heterocycles. The smallest absolute Gasteiger partial charge is 0.263 e. The number of aliphatic hydroxyl groups is 2. The van der Waals surface area contributed by atoms with Gasteiger partial charge in [0.1, 0.15) is 50.0 Å². The SMILES string of the molecule is CC1(C)SCCN(S(=O)(=O)c2ccc(OCC#CCO)cc2)[C@H]1C(=O)NO.CC1(C)SCCN(S(=O)(=O)c2ccc(OCC#CCO)cc2)[C@H]1C(=O)NO. The molecule has 2 heterocycles. The van der Waals surface area contributed by atoms with E-state index in [0.29, 0.717) is 23.0 Å². The molecule has 54 heavy (non-hydrogen) atoms. The van der Waals surface area contributed by atoms with E-state index in [9.17, 15) is 26.4 Å². The van der Waals surface area contributed by atoms with Crippen molar-refractivity contribution in [3.63, 3.8) is 0 Å². The first-order chi connectivity index (χ1) is 25.5. The van der Waals surface area contributed by atoms with Gasteiger partial charge in [-0.05, 0) is 76.2 Å². The molecule has 20 heteroatoms. The van der Waals surface area contributed by atoms with Crippen molar-refractivity contribution in [2.75, 3.05) is 51.0 Å². The van der Waals surface area contributed by atoms with E-state index in [-0.39, 0.29) is 49.3 Å². The summed E-state index contributed by atoms with van der Waals surface area (Å²) in [5.74, 6) is 10.5. The lowest BCUT2D eigenvalue weighted by molar-refractivity contribution is -0.134. The predicted octanol–water partition coefficient (Wildman–Crippen LogP) is 0.902. The van der Waals surface area contributed by atoms with Crippen LogP contribution in [0.4, 0.5) is 0 Å². The minimum Gasteiger partial charge on any atom is -0.481 e. The molecule has 2 amide bonds. The summed E-state index contributed by atoms with van der Waals surface area (Å²) in [6.07, 6.45) is 0. The van der Waals surface area contributed by atoms with Crippen molar-refractivity contribution in [1.82, 2.24) is 19.6 Å². The zero-order valence-corrected chi connectivity index (χ0v) is 33.3. The second-order valence-electron chi connectivity index (χ2n) is 12.4. The van der Waals surface area contributed by atoms with Gasteiger partial charge in [0.2, 0.25) is 20.0 Å². The number of nitrogens with zero attached hydrogens (tertiary/aromatic N) is 2. The fourth-order valence-electron chi connectivity index (χ4n) is 5.58. The maximum Gasteiger partial charge on any atom is 0.263 e. The lowest BCUT2D eigenvalue weighted by atomic mass is 10.0. The molecule has 2 aliphatic rings. The molecule has 2 aromatic rings. The zero-order chi connectivity index (χ0) is 40.2. The van der Waals surface area contributed by atoms with Gasteiger partial charge in [-0.3, -0.25) is 20.0 Å². The van der Waals surface area contributed by atoms with Crippen LogP contribution in [-0.2, 0) is 29.6 Å². The van der Waals surface area contributed by atoms with Crippen molar-refractivity contribution in [2.45, 2.75) is 59.1 Å². The van der Waals surface area contributed by atoms with E-state index in [1.807, 2.05) is 0 Å². The summed E-state index contributed by atoms with van der Waals surface area (Å²) < 4.78 is 63.8. The normalized spacial score (nSPS) is 19.6. The highest BCUT2D eigenvalue weighted by Crippen LogP contribution is 2.39. The molecule has 0 aliphatic carbocycles. The number of aliphatic hydroxyl groups excluding tert-OH is 2. The fourth-order valence-corrected chi connectivity index (χ4v) is 11.8. The molecule has 0 spiro atoms. The lowest BCUT2D eigenvalue weighted by Crippen LogP contribution is -2.61. The van der Waals surface area contributed by atoms with Crippen LogP contribution in [0, 0.1) is 23.7 Å². The third-order valence-electron chi connectivity index (χ3n) is 8.07. The Hall–Kier alpha value is -3.54. The van der Waals surface area contributed by atoms with Gasteiger partial charge in [0.15, 0.2) is 0 Å². The van der Waals surface area contributed by atoms with Gasteiger partial charge in [-0.1, -0.05) is 23.7 Å². The summed E-state index contributed by atoms with van der Waals surface area (Å²) in [6.45, 7) is 7.01. The first kappa shape index (κ1) is 44.9. The Kier molecular flexibility index (Phi) is 16.5. The van der Waals surface area contributed by atoms with E-state index in [4.69, 9.17) is 30.1 Å². The fraction of sp³-hybridized carbons (Fsp3) is 0.471. The van der Waals surface area contributed by atoms with E-state index < -0.39 is 53.4 Å². The molecule has 2 aromatic carbocycles. The summed E-state index contributed by atoms with van der Waals surface area (Å²) in [6, 6.07) is 9.49. The summed E-state index contributed by atoms with van der Waals surface area (Å²) in [7, 11) is -7.90. The molecule has 0 radical (unpaired) electrons. The van der Waals surface area contributed by atoms with E-state index in [2.05, 4.69) is 23.7 Å². The summed E-state index contributed by atoms with van der Waals surface area (Å²) >= 11 is 2.95. The third-order valence-corrected chi connectivity index (χ3v) is 14.5. The third kappa shape index (κ3) is 11.3. The van der Waals surface area contributed by atoms with Crippen LogP contribution in [0.1, 0.15) is 27.7 Å². The highest BCUT2D eigenvalue weighted by atomic mass is 32.2. The number of carbonyl (C=O) groups is 2. The Morgan fingerprint density at radius 3 is 1.31 bits per heavy atom. The molecule has 0 aromatic heterocycles. The van der Waals surface area contributed by atoms with Crippen LogP contribution >= 0.6 is 23.5 Å². The first-order valence-electron chi connectivity index (χ1n) is 16.3. The van der Waals surface area contributed by atoms with E-state index in [0.717, 1.165) is 8.61 Å². The Bertz CT molecular complexity index is 1800. The molecule has 6 N–H and O–H groups in total. The maximum absolute atomic E-state index is 13.1. The van der Waals surface area contributed by atoms with Gasteiger partial charge in [0.05, 0.1) is 9.79 Å². The van der Waals surface area contributed by atoms with E-state index in [1.54, 1.807) is 38.7 Å². The molecule has 296 valence electrons. The predicted molar refractivity (Wildman–Crippen MR) is 202 cm³/mol. The number of nitrogens with one attached hydrogen (secondary N) is 2. The molecule has 16 nitrogen and oxygen atoms in total. The van der Waals surface area contributed by atoms with Crippen LogP contribution in [-0.4, -0.2) is 130 Å². The van der Waals surface area contributed by atoms with Crippen LogP contribution in [0.25, 0.3) is 0 Å². The maximum atomic E-state index is 13.1. The molecule has 0 saturated carbocycles. The van der Waals surface area contributed by atoms with Crippen molar-refractivity contribution in [2.24, 2.45) is 0 Å². The second kappa shape index (κ2) is 19.9. The van der Waals surface area contributed by atoms with Gasteiger partial charge in [0.25, 0.3) is 11.8 Å². The van der Waals surface area contributed by atoms with Gasteiger partial charge >= 0.3 is 0 Å². The summed E-state index contributed by atoms with van der Waals surface area (Å²) in [4.78, 5) is 24.4. The number of hydrogen-bond donors (Lipinski definition) is 6. The minimum absolute atomic E-state index is 0.0229. The number of hydroxylamine groups is 2. The largest absolute Gasteiger partial charge is 0.481 e. The van der Waals surface area contributed by atoms with Crippen molar-refractivity contribution in [3.05, 3.63) is 48.5 Å². The average Bonchev–Trinajstić information content (AvgIpc) is 3.14. The Balaban J connectivity index is 0.000000290. The number of ether oxygens (including phenoxy) is 2. The molecule has 4 rings (SSSR count). The Morgan fingerprint density at radius 2 is 1.02 bits per heavy atom. The quantitative estimate of drug-likeness (QED) is 0.111. The zero-order valence-electron chi connectivity index (χ0n) is 30.0. The number of sulfonamides is 2. The molecule has 2 aliphatic heterocycles. The Morgan fingerprint density at radius 1 is 0.685 bits per heavy atom. The molecular weight excluding hydrogens is 785 g/mol. The molecule has 0 unspecified atom stereocenters. The number of hydrogen-bond acceptors (Lipinski definition) is 14. The molecule has 0 bridgehead atoms. The number of rotatable bonds is 10. The van der Waals surface area contributed by atoms with Crippen molar-refractivity contribution in [3.8, 4) is 35.2 Å². The van der Waals surface area contributed by atoms with Gasteiger partial charge < -0.3 is 19.7 Å². The topological polar surface area (TPSA) is 232 Å². The average molecular weight is 829 g/mol. The number of thioether (sulfide) groups is 2. The number of benzene rings is 2. The van der Waals surface area contributed by atoms with Gasteiger partial charge in [-0.15, -0.1) is 0 Å². The van der Waals surface area contributed by atoms with Gasteiger partial charge in [-0.25, -0.2) is 27.8 Å². The van der Waals surface area contributed by atoms with Crippen LogP contribution in [0.3, 0.4) is 0 Å². The van der Waals surface area contributed by atoms with Crippen LogP contribution in [0.5, 0.6) is 11.5 Å². The number of amides is 2. The van der Waals surface area contributed by atoms with Crippen molar-refractivity contribution < 1.29 is 56.5 Å². The second-order valence-corrected chi connectivity index (χ2v) is 19.7. The van der Waals surface area contributed by atoms with E-state index in [1.165, 1.54) is 72.1 Å². The monoisotopic (exact) mass is 828 g/mol. The van der Waals surface area contributed by atoms with Gasteiger partial charge in [-0.2, -0.15) is 32.1 Å². The first-order valence-corrected chi connectivity index (χ1v) is 21.1.